The molecule has 0 saturated carbocycles. The number of nitrogens with zero attached hydrogens (tertiary/aromatic N) is 2. The second-order valence-corrected chi connectivity index (χ2v) is 7.03. The molecule has 0 radical (unpaired) electrons. The van der Waals surface area contributed by atoms with Crippen molar-refractivity contribution >= 4 is 22.5 Å². The molecule has 1 N–H and O–H groups in total. The van der Waals surface area contributed by atoms with E-state index in [2.05, 4.69) is 48.5 Å². The van der Waals surface area contributed by atoms with E-state index >= 15 is 0 Å². The van der Waals surface area contributed by atoms with E-state index in [0.717, 1.165) is 35.6 Å². The first kappa shape index (κ1) is 19.1. The molecule has 1 aromatic heterocycles. The Morgan fingerprint density at radius 2 is 1.85 bits per heavy atom. The molecule has 0 fully saturated rings. The third kappa shape index (κ3) is 4.92. The van der Waals surface area contributed by atoms with Crippen molar-refractivity contribution in [2.24, 2.45) is 0 Å². The minimum absolute atomic E-state index is 0.0658. The highest BCUT2D eigenvalue weighted by Gasteiger charge is 2.10. The minimum atomic E-state index is -0.0658. The molecular weight excluding hydrogens is 334 g/mol. The number of aromatic nitrogens is 1. The van der Waals surface area contributed by atoms with Gasteiger partial charge in [0.05, 0.1) is 11.2 Å². The molecule has 0 aliphatic rings. The van der Waals surface area contributed by atoms with Crippen molar-refractivity contribution < 1.29 is 4.79 Å². The van der Waals surface area contributed by atoms with E-state index in [1.165, 1.54) is 30.7 Å². The van der Waals surface area contributed by atoms with Crippen molar-refractivity contribution in [3.8, 4) is 11.3 Å². The summed E-state index contributed by atoms with van der Waals surface area (Å²) in [5.41, 5.74) is 5.11. The zero-order valence-corrected chi connectivity index (χ0v) is 16.3. The number of hydrogen-bond acceptors (Lipinski definition) is 3. The fourth-order valence-electron chi connectivity index (χ4n) is 3.25. The Balaban J connectivity index is 1.95. The topological polar surface area (TPSA) is 45.2 Å². The van der Waals surface area contributed by atoms with Crippen LogP contribution in [0.3, 0.4) is 0 Å². The highest BCUT2D eigenvalue weighted by Crippen LogP contribution is 2.26. The number of rotatable bonds is 7. The Hall–Kier alpha value is -2.72. The highest BCUT2D eigenvalue weighted by molar-refractivity contribution is 5.89. The van der Waals surface area contributed by atoms with Crippen molar-refractivity contribution in [2.75, 3.05) is 18.9 Å². The SMILES string of the molecule is CCCCN(C)Cc1cc(-c2ccc(NC(C)=O)cc2)nc2ccccc12. The molecule has 0 saturated heterocycles. The van der Waals surface area contributed by atoms with Crippen LogP contribution in [0.2, 0.25) is 0 Å². The van der Waals surface area contributed by atoms with E-state index in [1.807, 2.05) is 30.3 Å². The number of hydrogen-bond donors (Lipinski definition) is 1. The lowest BCUT2D eigenvalue weighted by Crippen LogP contribution is -2.19. The molecule has 1 heterocycles. The van der Waals surface area contributed by atoms with Crippen LogP contribution in [0.1, 0.15) is 32.3 Å². The number of pyridine rings is 1. The van der Waals surface area contributed by atoms with Gasteiger partial charge < -0.3 is 10.2 Å². The van der Waals surface area contributed by atoms with Crippen LogP contribution in [0, 0.1) is 0 Å². The maximum absolute atomic E-state index is 11.2. The van der Waals surface area contributed by atoms with E-state index in [-0.39, 0.29) is 5.91 Å². The van der Waals surface area contributed by atoms with Crippen molar-refractivity contribution in [3.05, 3.63) is 60.2 Å². The third-order valence-corrected chi connectivity index (χ3v) is 4.64. The summed E-state index contributed by atoms with van der Waals surface area (Å²) in [6.45, 7) is 5.73. The van der Waals surface area contributed by atoms with Gasteiger partial charge in [-0.15, -0.1) is 0 Å². The molecule has 1 amide bonds. The van der Waals surface area contributed by atoms with Crippen LogP contribution >= 0.6 is 0 Å². The minimum Gasteiger partial charge on any atom is -0.326 e. The van der Waals surface area contributed by atoms with Gasteiger partial charge in [0.2, 0.25) is 5.91 Å². The molecule has 4 nitrogen and oxygen atoms in total. The van der Waals surface area contributed by atoms with E-state index < -0.39 is 0 Å². The van der Waals surface area contributed by atoms with Gasteiger partial charge in [-0.05, 0) is 49.8 Å². The van der Waals surface area contributed by atoms with Crippen LogP contribution in [-0.4, -0.2) is 29.4 Å². The zero-order chi connectivity index (χ0) is 19.2. The molecule has 0 bridgehead atoms. The Labute approximate surface area is 161 Å². The summed E-state index contributed by atoms with van der Waals surface area (Å²) in [5.74, 6) is -0.0658. The van der Waals surface area contributed by atoms with E-state index in [9.17, 15) is 4.79 Å². The van der Waals surface area contributed by atoms with Gasteiger partial charge in [-0.25, -0.2) is 4.98 Å². The Bertz CT molecular complexity index is 919. The summed E-state index contributed by atoms with van der Waals surface area (Å²) < 4.78 is 0. The number of carbonyl (C=O) groups excluding carboxylic acids is 1. The van der Waals surface area contributed by atoms with Crippen LogP contribution in [-0.2, 0) is 11.3 Å². The Morgan fingerprint density at radius 1 is 1.11 bits per heavy atom. The molecule has 0 aliphatic carbocycles. The van der Waals surface area contributed by atoms with Gasteiger partial charge in [0.15, 0.2) is 0 Å². The average molecular weight is 361 g/mol. The normalized spacial score (nSPS) is 11.1. The van der Waals surface area contributed by atoms with Gasteiger partial charge >= 0.3 is 0 Å². The summed E-state index contributed by atoms with van der Waals surface area (Å²) in [6, 6.07) is 18.4. The van der Waals surface area contributed by atoms with Crippen molar-refractivity contribution in [3.63, 3.8) is 0 Å². The molecule has 0 aliphatic heterocycles. The number of para-hydroxylation sites is 1. The van der Waals surface area contributed by atoms with E-state index in [4.69, 9.17) is 4.98 Å². The predicted molar refractivity (Wildman–Crippen MR) is 113 cm³/mol. The standard InChI is InChI=1S/C23H27N3O/c1-4-5-14-26(3)16-19-15-23(25-22-9-7-6-8-21(19)22)18-10-12-20(13-11-18)24-17(2)27/h6-13,15H,4-5,14,16H2,1-3H3,(H,24,27). The number of amides is 1. The monoisotopic (exact) mass is 361 g/mol. The molecule has 0 atom stereocenters. The van der Waals surface area contributed by atoms with Gasteiger partial charge in [0.1, 0.15) is 0 Å². The number of unbranched alkanes of at least 4 members (excludes halogenated alkanes) is 1. The van der Waals surface area contributed by atoms with Crippen molar-refractivity contribution in [2.45, 2.75) is 33.2 Å². The molecule has 3 rings (SSSR count). The van der Waals surface area contributed by atoms with Crippen LogP contribution in [0.25, 0.3) is 22.2 Å². The molecule has 140 valence electrons. The maximum Gasteiger partial charge on any atom is 0.221 e. The van der Waals surface area contributed by atoms with Gasteiger partial charge in [0.25, 0.3) is 0 Å². The van der Waals surface area contributed by atoms with Gasteiger partial charge in [-0.3, -0.25) is 4.79 Å². The van der Waals surface area contributed by atoms with Crippen LogP contribution < -0.4 is 5.32 Å². The number of anilines is 1. The molecule has 4 heteroatoms. The highest BCUT2D eigenvalue weighted by atomic mass is 16.1. The molecule has 27 heavy (non-hydrogen) atoms. The molecule has 2 aromatic carbocycles. The van der Waals surface area contributed by atoms with Crippen LogP contribution in [0.5, 0.6) is 0 Å². The number of nitrogens with one attached hydrogen (secondary N) is 1. The summed E-state index contributed by atoms with van der Waals surface area (Å²) in [6.07, 6.45) is 2.41. The number of benzene rings is 2. The first-order valence-corrected chi connectivity index (χ1v) is 9.52. The Morgan fingerprint density at radius 3 is 2.56 bits per heavy atom. The fraction of sp³-hybridized carbons (Fsp3) is 0.304. The fourth-order valence-corrected chi connectivity index (χ4v) is 3.25. The average Bonchev–Trinajstić information content (AvgIpc) is 2.66. The van der Waals surface area contributed by atoms with Crippen LogP contribution in [0.4, 0.5) is 5.69 Å². The summed E-state index contributed by atoms with van der Waals surface area (Å²) in [4.78, 5) is 18.4. The second kappa shape index (κ2) is 8.78. The number of fused-ring (bicyclic) bond motifs is 1. The largest absolute Gasteiger partial charge is 0.326 e. The lowest BCUT2D eigenvalue weighted by molar-refractivity contribution is -0.114. The first-order valence-electron chi connectivity index (χ1n) is 9.52. The third-order valence-electron chi connectivity index (χ3n) is 4.64. The number of carbonyl (C=O) groups is 1. The van der Waals surface area contributed by atoms with Gasteiger partial charge in [0, 0.05) is 30.1 Å². The lowest BCUT2D eigenvalue weighted by atomic mass is 10.0. The Kier molecular flexibility index (Phi) is 6.20. The van der Waals surface area contributed by atoms with Gasteiger partial charge in [-0.2, -0.15) is 0 Å². The van der Waals surface area contributed by atoms with E-state index in [0.29, 0.717) is 0 Å². The van der Waals surface area contributed by atoms with Gasteiger partial charge in [-0.1, -0.05) is 43.7 Å². The second-order valence-electron chi connectivity index (χ2n) is 7.03. The zero-order valence-electron chi connectivity index (χ0n) is 16.3. The van der Waals surface area contributed by atoms with Crippen molar-refractivity contribution in [1.82, 2.24) is 9.88 Å². The van der Waals surface area contributed by atoms with Crippen LogP contribution in [0.15, 0.2) is 54.6 Å². The molecule has 0 unspecified atom stereocenters. The summed E-state index contributed by atoms with van der Waals surface area (Å²) in [5, 5.41) is 4.01. The predicted octanol–water partition coefficient (Wildman–Crippen LogP) is 5.09. The first-order chi connectivity index (χ1) is 13.1. The maximum atomic E-state index is 11.2. The molecular formula is C23H27N3O. The molecule has 3 aromatic rings. The lowest BCUT2D eigenvalue weighted by Gasteiger charge is -2.18. The van der Waals surface area contributed by atoms with Crippen molar-refractivity contribution in [1.29, 1.82) is 0 Å². The summed E-state index contributed by atoms with van der Waals surface area (Å²) in [7, 11) is 2.17. The smallest absolute Gasteiger partial charge is 0.221 e. The molecule has 0 spiro atoms. The van der Waals surface area contributed by atoms with E-state index in [1.54, 1.807) is 0 Å². The summed E-state index contributed by atoms with van der Waals surface area (Å²) >= 11 is 0. The quantitative estimate of drug-likeness (QED) is 0.637.